The Morgan fingerprint density at radius 3 is 2.60 bits per heavy atom. The third-order valence-corrected chi connectivity index (χ3v) is 4.63. The van der Waals surface area contributed by atoms with Gasteiger partial charge in [-0.2, -0.15) is 0 Å². The number of carbonyl (C=O) groups excluding carboxylic acids is 2. The van der Waals surface area contributed by atoms with Crippen LogP contribution in [0.5, 0.6) is 5.75 Å². The maximum absolute atomic E-state index is 12.6. The lowest BCUT2D eigenvalue weighted by atomic mass is 9.96. The molecule has 1 aromatic carbocycles. The molecule has 0 radical (unpaired) electrons. The Morgan fingerprint density at radius 2 is 2.04 bits per heavy atom. The van der Waals surface area contributed by atoms with Gasteiger partial charge in [-0.25, -0.2) is 0 Å². The van der Waals surface area contributed by atoms with Crippen molar-refractivity contribution in [2.45, 2.75) is 32.7 Å². The molecule has 7 heteroatoms. The third kappa shape index (κ3) is 5.01. The van der Waals surface area contributed by atoms with Crippen molar-refractivity contribution in [1.82, 2.24) is 4.90 Å². The highest BCUT2D eigenvalue weighted by atomic mass is 35.5. The first kappa shape index (κ1) is 19.4. The van der Waals surface area contributed by atoms with Crippen molar-refractivity contribution < 1.29 is 19.1 Å². The Labute approximate surface area is 153 Å². The molecule has 2 rings (SSSR count). The van der Waals surface area contributed by atoms with Crippen molar-refractivity contribution in [3.8, 4) is 5.75 Å². The Bertz CT molecular complexity index is 615. The molecule has 1 saturated heterocycles. The summed E-state index contributed by atoms with van der Waals surface area (Å²) in [4.78, 5) is 26.2. The van der Waals surface area contributed by atoms with Gasteiger partial charge in [0.2, 0.25) is 5.91 Å². The largest absolute Gasteiger partial charge is 0.495 e. The minimum Gasteiger partial charge on any atom is -0.495 e. The van der Waals surface area contributed by atoms with E-state index in [1.165, 1.54) is 0 Å². The van der Waals surface area contributed by atoms with Crippen LogP contribution >= 0.6 is 11.6 Å². The number of likely N-dealkylation sites (tertiary alicyclic amines) is 1. The van der Waals surface area contributed by atoms with Crippen LogP contribution in [0, 0.1) is 5.92 Å². The fourth-order valence-electron chi connectivity index (χ4n) is 2.94. The Balaban J connectivity index is 1.88. The van der Waals surface area contributed by atoms with Gasteiger partial charge in [-0.05, 0) is 44.9 Å². The summed E-state index contributed by atoms with van der Waals surface area (Å²) in [7, 11) is 1.56. The van der Waals surface area contributed by atoms with E-state index in [0.717, 1.165) is 5.69 Å². The normalized spacial score (nSPS) is 16.2. The molecule has 1 amide bonds. The second kappa shape index (κ2) is 8.94. The fourth-order valence-corrected chi connectivity index (χ4v) is 3.20. The standard InChI is InChI=1S/C18H25ClN2O4/c1-4-25-18(23)13-7-9-21(10-8-13)17(22)12(2)20-14-5-6-16(24-3)15(19)11-14/h5-6,11-13,20H,4,7-10H2,1-3H3. The Morgan fingerprint density at radius 1 is 1.36 bits per heavy atom. The molecule has 1 aliphatic rings. The predicted molar refractivity (Wildman–Crippen MR) is 97.0 cm³/mol. The molecular formula is C18H25ClN2O4. The van der Waals surface area contributed by atoms with E-state index in [4.69, 9.17) is 21.1 Å². The number of ether oxygens (including phenoxy) is 2. The van der Waals surface area contributed by atoms with Gasteiger partial charge in [-0.1, -0.05) is 11.6 Å². The van der Waals surface area contributed by atoms with Crippen molar-refractivity contribution in [3.63, 3.8) is 0 Å². The average Bonchev–Trinajstić information content (AvgIpc) is 2.61. The van der Waals surface area contributed by atoms with Gasteiger partial charge in [0, 0.05) is 18.8 Å². The SMILES string of the molecule is CCOC(=O)C1CCN(C(=O)C(C)Nc2ccc(OC)c(Cl)c2)CC1. The molecule has 0 bridgehead atoms. The van der Waals surface area contributed by atoms with Crippen LogP contribution in [-0.2, 0) is 14.3 Å². The molecule has 0 saturated carbocycles. The predicted octanol–water partition coefficient (Wildman–Crippen LogP) is 2.95. The minimum absolute atomic E-state index is 0.00856. The second-order valence-electron chi connectivity index (χ2n) is 6.07. The lowest BCUT2D eigenvalue weighted by Crippen LogP contribution is -2.46. The van der Waals surface area contributed by atoms with Crippen LogP contribution < -0.4 is 10.1 Å². The molecule has 6 nitrogen and oxygen atoms in total. The first-order chi connectivity index (χ1) is 12.0. The van der Waals surface area contributed by atoms with Crippen LogP contribution in [0.25, 0.3) is 0 Å². The number of anilines is 1. The van der Waals surface area contributed by atoms with Crippen molar-refractivity contribution in [2.75, 3.05) is 32.1 Å². The smallest absolute Gasteiger partial charge is 0.309 e. The summed E-state index contributed by atoms with van der Waals surface area (Å²) in [6.45, 7) is 5.14. The van der Waals surface area contributed by atoms with E-state index in [1.54, 1.807) is 31.1 Å². The molecule has 0 aliphatic carbocycles. The maximum atomic E-state index is 12.6. The molecule has 1 fully saturated rings. The van der Waals surface area contributed by atoms with Crippen LogP contribution in [0.1, 0.15) is 26.7 Å². The summed E-state index contributed by atoms with van der Waals surface area (Å²) in [6, 6.07) is 4.93. The Hall–Kier alpha value is -1.95. The maximum Gasteiger partial charge on any atom is 0.309 e. The van der Waals surface area contributed by atoms with E-state index in [0.29, 0.717) is 43.3 Å². The van der Waals surface area contributed by atoms with Gasteiger partial charge in [0.15, 0.2) is 0 Å². The van der Waals surface area contributed by atoms with Crippen LogP contribution in [0.15, 0.2) is 18.2 Å². The van der Waals surface area contributed by atoms with Gasteiger partial charge in [0.25, 0.3) is 0 Å². The number of nitrogens with zero attached hydrogens (tertiary/aromatic N) is 1. The van der Waals surface area contributed by atoms with E-state index < -0.39 is 0 Å². The van der Waals surface area contributed by atoms with Gasteiger partial charge in [-0.15, -0.1) is 0 Å². The van der Waals surface area contributed by atoms with Crippen LogP contribution in [0.4, 0.5) is 5.69 Å². The van der Waals surface area contributed by atoms with Crippen molar-refractivity contribution in [3.05, 3.63) is 23.2 Å². The van der Waals surface area contributed by atoms with E-state index in [-0.39, 0.29) is 23.8 Å². The van der Waals surface area contributed by atoms with Gasteiger partial charge >= 0.3 is 5.97 Å². The molecule has 1 atom stereocenters. The van der Waals surface area contributed by atoms with E-state index >= 15 is 0 Å². The monoisotopic (exact) mass is 368 g/mol. The number of rotatable bonds is 6. The highest BCUT2D eigenvalue weighted by Gasteiger charge is 2.30. The van der Waals surface area contributed by atoms with Crippen LogP contribution in [0.3, 0.4) is 0 Å². The number of benzene rings is 1. The molecule has 1 heterocycles. The van der Waals surface area contributed by atoms with Crippen LogP contribution in [0.2, 0.25) is 5.02 Å². The summed E-state index contributed by atoms with van der Waals surface area (Å²) in [5, 5.41) is 3.65. The first-order valence-corrected chi connectivity index (χ1v) is 8.89. The molecule has 1 unspecified atom stereocenters. The highest BCUT2D eigenvalue weighted by molar-refractivity contribution is 6.32. The quantitative estimate of drug-likeness (QED) is 0.782. The summed E-state index contributed by atoms with van der Waals surface area (Å²) >= 11 is 6.11. The van der Waals surface area contributed by atoms with Gasteiger partial charge in [0.1, 0.15) is 11.8 Å². The minimum atomic E-state index is -0.386. The fraction of sp³-hybridized carbons (Fsp3) is 0.556. The highest BCUT2D eigenvalue weighted by Crippen LogP contribution is 2.27. The molecule has 138 valence electrons. The molecule has 0 aromatic heterocycles. The van der Waals surface area contributed by atoms with E-state index in [9.17, 15) is 9.59 Å². The van der Waals surface area contributed by atoms with Crippen molar-refractivity contribution >= 4 is 29.2 Å². The average molecular weight is 369 g/mol. The third-order valence-electron chi connectivity index (χ3n) is 4.33. The van der Waals surface area contributed by atoms with Gasteiger partial charge < -0.3 is 19.7 Å². The molecular weight excluding hydrogens is 344 g/mol. The molecule has 1 aromatic rings. The van der Waals surface area contributed by atoms with E-state index in [1.807, 2.05) is 13.0 Å². The number of nitrogens with one attached hydrogen (secondary N) is 1. The van der Waals surface area contributed by atoms with Crippen molar-refractivity contribution in [1.29, 1.82) is 0 Å². The zero-order chi connectivity index (χ0) is 18.4. The number of halogens is 1. The van der Waals surface area contributed by atoms with Gasteiger partial charge in [-0.3, -0.25) is 9.59 Å². The second-order valence-corrected chi connectivity index (χ2v) is 6.47. The molecule has 1 N–H and O–H groups in total. The molecule has 0 spiro atoms. The number of carbonyl (C=O) groups is 2. The number of hydrogen-bond acceptors (Lipinski definition) is 5. The first-order valence-electron chi connectivity index (χ1n) is 8.51. The summed E-state index contributed by atoms with van der Waals surface area (Å²) < 4.78 is 10.2. The topological polar surface area (TPSA) is 67.9 Å². The lowest BCUT2D eigenvalue weighted by Gasteiger charge is -2.33. The number of esters is 1. The lowest BCUT2D eigenvalue weighted by molar-refractivity contribution is -0.151. The number of hydrogen-bond donors (Lipinski definition) is 1. The molecule has 25 heavy (non-hydrogen) atoms. The Kier molecular flexibility index (Phi) is 6.93. The number of methoxy groups -OCH3 is 1. The van der Waals surface area contributed by atoms with E-state index in [2.05, 4.69) is 5.32 Å². The summed E-state index contributed by atoms with van der Waals surface area (Å²) in [5.74, 6) is 0.336. The van der Waals surface area contributed by atoms with Gasteiger partial charge in [0.05, 0.1) is 24.7 Å². The molecule has 1 aliphatic heterocycles. The van der Waals surface area contributed by atoms with Crippen molar-refractivity contribution in [2.24, 2.45) is 5.92 Å². The van der Waals surface area contributed by atoms with Crippen LogP contribution in [-0.4, -0.2) is 49.6 Å². The number of amides is 1. The zero-order valence-electron chi connectivity index (χ0n) is 14.9. The summed E-state index contributed by atoms with van der Waals surface area (Å²) in [5.41, 5.74) is 0.757. The summed E-state index contributed by atoms with van der Waals surface area (Å²) in [6.07, 6.45) is 1.29. The number of piperidine rings is 1. The zero-order valence-corrected chi connectivity index (χ0v) is 15.6.